The summed E-state index contributed by atoms with van der Waals surface area (Å²) in [5.74, 6) is -0.280. The van der Waals surface area contributed by atoms with Crippen LogP contribution in [0.25, 0.3) is 0 Å². The van der Waals surface area contributed by atoms with E-state index in [4.69, 9.17) is 4.74 Å². The Morgan fingerprint density at radius 3 is 2.16 bits per heavy atom. The van der Waals surface area contributed by atoms with Crippen molar-refractivity contribution in [3.05, 3.63) is 76.6 Å². The summed E-state index contributed by atoms with van der Waals surface area (Å²) in [7, 11) is 2.12. The maximum Gasteiger partial charge on any atom is 0.418 e. The highest BCUT2D eigenvalue weighted by atomic mass is 16.6. The molecule has 234 valence electrons. The number of rotatable bonds is 8. The lowest BCUT2D eigenvalue weighted by Crippen LogP contribution is -2.44. The monoisotopic (exact) mass is 600 g/mol. The Morgan fingerprint density at radius 2 is 1.55 bits per heavy atom. The molecule has 5 rings (SSSR count). The molecule has 0 saturated carbocycles. The SMILES string of the molecule is CCc1cccc(CC)c1NC(=O)N1Cc2c(NC(=O)c3ccc(N4CCN(C)CC4)cc3)cn(C(=O)OC(C)CC)c2C1. The van der Waals surface area contributed by atoms with Gasteiger partial charge in [0.25, 0.3) is 5.91 Å². The van der Waals surface area contributed by atoms with E-state index in [0.29, 0.717) is 23.4 Å². The molecule has 1 atom stereocenters. The van der Waals surface area contributed by atoms with Gasteiger partial charge in [-0.25, -0.2) is 9.59 Å². The smallest absolute Gasteiger partial charge is 0.418 e. The van der Waals surface area contributed by atoms with Crippen LogP contribution in [0, 0.1) is 0 Å². The zero-order valence-corrected chi connectivity index (χ0v) is 26.5. The highest BCUT2D eigenvalue weighted by Crippen LogP contribution is 2.33. The number of nitrogens with zero attached hydrogens (tertiary/aromatic N) is 4. The number of fused-ring (bicyclic) bond motifs is 1. The van der Waals surface area contributed by atoms with Gasteiger partial charge < -0.3 is 30.1 Å². The summed E-state index contributed by atoms with van der Waals surface area (Å²) < 4.78 is 7.06. The highest BCUT2D eigenvalue weighted by Gasteiger charge is 2.33. The minimum Gasteiger partial charge on any atom is -0.446 e. The van der Waals surface area contributed by atoms with E-state index in [9.17, 15) is 14.4 Å². The molecule has 0 aliphatic carbocycles. The number of aryl methyl sites for hydroxylation is 2. The number of carbonyl (C=O) groups is 3. The number of nitrogens with one attached hydrogen (secondary N) is 2. The van der Waals surface area contributed by atoms with Crippen molar-refractivity contribution in [3.8, 4) is 0 Å². The van der Waals surface area contributed by atoms with E-state index >= 15 is 0 Å². The first-order valence-electron chi connectivity index (χ1n) is 15.7. The predicted molar refractivity (Wildman–Crippen MR) is 174 cm³/mol. The molecule has 3 amide bonds. The van der Waals surface area contributed by atoms with E-state index in [1.54, 1.807) is 11.1 Å². The van der Waals surface area contributed by atoms with Crippen molar-refractivity contribution < 1.29 is 19.1 Å². The fourth-order valence-corrected chi connectivity index (χ4v) is 5.76. The summed E-state index contributed by atoms with van der Waals surface area (Å²) >= 11 is 0. The van der Waals surface area contributed by atoms with Gasteiger partial charge in [0, 0.05) is 54.9 Å². The van der Waals surface area contributed by atoms with Crippen LogP contribution in [0.3, 0.4) is 0 Å². The molecule has 0 spiro atoms. The van der Waals surface area contributed by atoms with Crippen LogP contribution < -0.4 is 15.5 Å². The zero-order valence-electron chi connectivity index (χ0n) is 26.5. The number of anilines is 3. The fraction of sp³-hybridized carbons (Fsp3) is 0.441. The molecule has 2 aromatic carbocycles. The number of hydrogen-bond donors (Lipinski definition) is 2. The minimum absolute atomic E-state index is 0.210. The summed E-state index contributed by atoms with van der Waals surface area (Å²) in [6, 6.07) is 13.4. The van der Waals surface area contributed by atoms with Gasteiger partial charge in [-0.05, 0) is 68.6 Å². The number of ether oxygens (including phenoxy) is 1. The number of benzene rings is 2. The van der Waals surface area contributed by atoms with Gasteiger partial charge in [-0.15, -0.1) is 0 Å². The highest BCUT2D eigenvalue weighted by molar-refractivity contribution is 6.05. The Morgan fingerprint density at radius 1 is 0.886 bits per heavy atom. The first kappa shape index (κ1) is 31.1. The number of carbonyl (C=O) groups excluding carboxylic acids is 3. The zero-order chi connectivity index (χ0) is 31.4. The Hall–Kier alpha value is -4.31. The van der Waals surface area contributed by atoms with Gasteiger partial charge in [-0.3, -0.25) is 9.36 Å². The number of urea groups is 1. The molecular formula is C34H44N6O4. The van der Waals surface area contributed by atoms with Crippen molar-refractivity contribution in [3.63, 3.8) is 0 Å². The predicted octanol–water partition coefficient (Wildman–Crippen LogP) is 5.95. The van der Waals surface area contributed by atoms with E-state index < -0.39 is 6.09 Å². The summed E-state index contributed by atoms with van der Waals surface area (Å²) in [6.07, 6.45) is 3.08. The van der Waals surface area contributed by atoms with Crippen LogP contribution in [0.1, 0.15) is 66.9 Å². The molecule has 1 fully saturated rings. The Kier molecular flexibility index (Phi) is 9.58. The second kappa shape index (κ2) is 13.5. The van der Waals surface area contributed by atoms with Crippen LogP contribution in [0.4, 0.5) is 26.7 Å². The van der Waals surface area contributed by atoms with Crippen LogP contribution in [0.2, 0.25) is 0 Å². The maximum absolute atomic E-state index is 13.6. The van der Waals surface area contributed by atoms with Gasteiger partial charge in [0.15, 0.2) is 0 Å². The van der Waals surface area contributed by atoms with Crippen LogP contribution >= 0.6 is 0 Å². The number of aromatic nitrogens is 1. The van der Waals surface area contributed by atoms with E-state index in [0.717, 1.165) is 67.1 Å². The summed E-state index contributed by atoms with van der Waals surface area (Å²) in [5.41, 5.74) is 6.44. The standard InChI is InChI=1S/C34H44N6O4/c1-6-23(4)44-34(43)40-21-29(35-32(41)26-12-14-27(15-13-26)38-18-16-37(5)17-19-38)28-20-39(22-30(28)40)33(42)36-31-24(7-2)10-9-11-25(31)8-3/h9-15,21,23H,6-8,16-20,22H2,1-5H3,(H,35,41)(H,36,42). The van der Waals surface area contributed by atoms with Crippen LogP contribution in [0.5, 0.6) is 0 Å². The molecule has 3 aromatic rings. The van der Waals surface area contributed by atoms with Gasteiger partial charge in [0.2, 0.25) is 0 Å². The quantitative estimate of drug-likeness (QED) is 0.332. The van der Waals surface area contributed by atoms with Crippen molar-refractivity contribution in [2.75, 3.05) is 48.8 Å². The van der Waals surface area contributed by atoms with Gasteiger partial charge in [-0.2, -0.15) is 0 Å². The van der Waals surface area contributed by atoms with Crippen molar-refractivity contribution in [1.82, 2.24) is 14.4 Å². The Bertz CT molecular complexity index is 1480. The van der Waals surface area contributed by atoms with E-state index in [2.05, 4.69) is 41.3 Å². The molecule has 3 heterocycles. The summed E-state index contributed by atoms with van der Waals surface area (Å²) in [6.45, 7) is 12.3. The molecule has 10 nitrogen and oxygen atoms in total. The van der Waals surface area contributed by atoms with Crippen LogP contribution in [-0.4, -0.2) is 71.7 Å². The van der Waals surface area contributed by atoms with Crippen molar-refractivity contribution in [2.45, 2.75) is 66.2 Å². The molecule has 2 aliphatic rings. The average Bonchev–Trinajstić information content (AvgIpc) is 3.62. The third-order valence-electron chi connectivity index (χ3n) is 8.75. The van der Waals surface area contributed by atoms with E-state index in [-0.39, 0.29) is 31.1 Å². The Balaban J connectivity index is 1.36. The van der Waals surface area contributed by atoms with Crippen molar-refractivity contribution in [1.29, 1.82) is 0 Å². The number of likely N-dealkylation sites (N-methyl/N-ethyl adjacent to an activating group) is 1. The number of amides is 3. The van der Waals surface area contributed by atoms with Crippen LogP contribution in [-0.2, 0) is 30.7 Å². The van der Waals surface area contributed by atoms with E-state index in [1.807, 2.05) is 56.3 Å². The minimum atomic E-state index is -0.528. The molecule has 0 radical (unpaired) electrons. The summed E-state index contributed by atoms with van der Waals surface area (Å²) in [4.78, 5) is 46.4. The maximum atomic E-state index is 13.6. The third kappa shape index (κ3) is 6.60. The summed E-state index contributed by atoms with van der Waals surface area (Å²) in [5, 5.41) is 6.13. The molecule has 1 saturated heterocycles. The molecule has 1 aromatic heterocycles. The molecule has 10 heteroatoms. The average molecular weight is 601 g/mol. The van der Waals surface area contributed by atoms with Gasteiger partial charge in [-0.1, -0.05) is 39.0 Å². The van der Waals surface area contributed by atoms with E-state index in [1.165, 1.54) is 4.57 Å². The topological polar surface area (TPSA) is 99.1 Å². The van der Waals surface area contributed by atoms with Crippen LogP contribution in [0.15, 0.2) is 48.7 Å². The molecule has 44 heavy (non-hydrogen) atoms. The van der Waals surface area contributed by atoms with Gasteiger partial charge >= 0.3 is 12.1 Å². The van der Waals surface area contributed by atoms with Gasteiger partial charge in [0.1, 0.15) is 6.10 Å². The Labute approximate surface area is 259 Å². The molecule has 1 unspecified atom stereocenters. The second-order valence-corrected chi connectivity index (χ2v) is 11.7. The lowest BCUT2D eigenvalue weighted by Gasteiger charge is -2.34. The first-order chi connectivity index (χ1) is 21.2. The lowest BCUT2D eigenvalue weighted by molar-refractivity contribution is 0.102. The number of piperazine rings is 1. The molecule has 0 bridgehead atoms. The second-order valence-electron chi connectivity index (χ2n) is 11.7. The molecule has 2 N–H and O–H groups in total. The van der Waals surface area contributed by atoms with Crippen molar-refractivity contribution in [2.24, 2.45) is 0 Å². The number of hydrogen-bond acceptors (Lipinski definition) is 6. The van der Waals surface area contributed by atoms with Crippen molar-refractivity contribution >= 4 is 35.1 Å². The normalized spacial score (nSPS) is 15.6. The largest absolute Gasteiger partial charge is 0.446 e. The molecular weight excluding hydrogens is 556 g/mol. The fourth-order valence-electron chi connectivity index (χ4n) is 5.76. The number of para-hydroxylation sites is 1. The van der Waals surface area contributed by atoms with Gasteiger partial charge in [0.05, 0.1) is 24.5 Å². The molecule has 2 aliphatic heterocycles. The third-order valence-corrected chi connectivity index (χ3v) is 8.75. The first-order valence-corrected chi connectivity index (χ1v) is 15.7. The lowest BCUT2D eigenvalue weighted by atomic mass is 10.0.